The Labute approximate surface area is 170 Å². The van der Waals surface area contributed by atoms with E-state index in [9.17, 15) is 22.4 Å². The van der Waals surface area contributed by atoms with Crippen LogP contribution < -0.4 is 11.2 Å². The third kappa shape index (κ3) is 3.55. The molecule has 2 heterocycles. The minimum absolute atomic E-state index is 0.0272. The second-order valence-corrected chi connectivity index (χ2v) is 11.0. The van der Waals surface area contributed by atoms with Crippen molar-refractivity contribution in [3.05, 3.63) is 55.1 Å². The lowest BCUT2D eigenvalue weighted by Crippen LogP contribution is -2.39. The minimum Gasteiger partial charge on any atom is -0.296 e. The smallest absolute Gasteiger partial charge is 0.296 e. The molecule has 0 atom stereocenters. The Bertz CT molecular complexity index is 1330. The van der Waals surface area contributed by atoms with Gasteiger partial charge in [-0.15, -0.1) is 11.3 Å². The summed E-state index contributed by atoms with van der Waals surface area (Å²) in [6.45, 7) is 1.22. The summed E-state index contributed by atoms with van der Waals surface area (Å²) >= 11 is 1.38. The van der Waals surface area contributed by atoms with E-state index in [4.69, 9.17) is 0 Å². The van der Waals surface area contributed by atoms with E-state index in [0.29, 0.717) is 18.4 Å². The minimum atomic E-state index is -3.75. The first-order chi connectivity index (χ1) is 13.7. The summed E-state index contributed by atoms with van der Waals surface area (Å²) in [6.07, 6.45) is 2.71. The fraction of sp³-hybridized carbons (Fsp3) is 0.421. The number of sulfone groups is 1. The number of halogens is 1. The first kappa shape index (κ1) is 20.0. The van der Waals surface area contributed by atoms with E-state index >= 15 is 0 Å². The molecule has 29 heavy (non-hydrogen) atoms. The number of alkyl halides is 1. The highest BCUT2D eigenvalue weighted by Crippen LogP contribution is 2.47. The molecular weight excluding hydrogens is 417 g/mol. The van der Waals surface area contributed by atoms with Gasteiger partial charge in [0.15, 0.2) is 9.84 Å². The molecule has 3 aromatic rings. The zero-order valence-corrected chi connectivity index (χ0v) is 17.6. The van der Waals surface area contributed by atoms with Crippen LogP contribution in [0.15, 0.2) is 38.9 Å². The van der Waals surface area contributed by atoms with E-state index in [1.54, 1.807) is 6.20 Å². The van der Waals surface area contributed by atoms with Gasteiger partial charge in [0.05, 0.1) is 39.8 Å². The zero-order chi connectivity index (χ0) is 21.0. The van der Waals surface area contributed by atoms with Crippen molar-refractivity contribution in [2.45, 2.75) is 31.2 Å². The molecule has 7 nitrogen and oxygen atoms in total. The Kier molecular flexibility index (Phi) is 4.73. The van der Waals surface area contributed by atoms with Gasteiger partial charge in [0.25, 0.3) is 5.56 Å². The Morgan fingerprint density at radius 3 is 2.59 bits per heavy atom. The lowest BCUT2D eigenvalue weighted by molar-refractivity contribution is 0.367. The largest absolute Gasteiger partial charge is 0.331 e. The molecule has 0 spiro atoms. The fourth-order valence-electron chi connectivity index (χ4n) is 3.44. The van der Waals surface area contributed by atoms with Gasteiger partial charge in [-0.3, -0.25) is 18.3 Å². The van der Waals surface area contributed by atoms with Crippen LogP contribution in [0.2, 0.25) is 0 Å². The van der Waals surface area contributed by atoms with Crippen molar-refractivity contribution >= 4 is 32.1 Å². The number of fused-ring (bicyclic) bond motifs is 1. The maximum atomic E-state index is 13.2. The van der Waals surface area contributed by atoms with E-state index < -0.39 is 33.2 Å². The van der Waals surface area contributed by atoms with Crippen molar-refractivity contribution in [3.63, 3.8) is 0 Å². The van der Waals surface area contributed by atoms with E-state index in [0.717, 1.165) is 14.5 Å². The Morgan fingerprint density at radius 2 is 2.00 bits per heavy atom. The van der Waals surface area contributed by atoms with Gasteiger partial charge in [0.1, 0.15) is 0 Å². The number of rotatable bonds is 6. The molecule has 1 aliphatic rings. The molecule has 0 unspecified atom stereocenters. The fourth-order valence-corrected chi connectivity index (χ4v) is 6.14. The number of benzene rings is 1. The van der Waals surface area contributed by atoms with Crippen LogP contribution in [0.25, 0.3) is 10.9 Å². The summed E-state index contributed by atoms with van der Waals surface area (Å²) in [5.74, 6) is -0.276. The molecule has 0 bridgehead atoms. The molecule has 154 valence electrons. The molecule has 1 aromatic carbocycles. The topological polar surface area (TPSA) is 91.0 Å². The molecule has 0 amide bonds. The van der Waals surface area contributed by atoms with Crippen molar-refractivity contribution < 1.29 is 12.8 Å². The molecule has 10 heteroatoms. The number of aryl methyl sites for hydroxylation is 2. The molecular formula is C19H20FN3O4S2. The van der Waals surface area contributed by atoms with Gasteiger partial charge in [-0.05, 0) is 38.0 Å². The van der Waals surface area contributed by atoms with Gasteiger partial charge in [-0.1, -0.05) is 0 Å². The van der Waals surface area contributed by atoms with Gasteiger partial charge in [0.2, 0.25) is 0 Å². The Morgan fingerprint density at radius 1 is 1.28 bits per heavy atom. The highest BCUT2D eigenvalue weighted by molar-refractivity contribution is 7.91. The zero-order valence-electron chi connectivity index (χ0n) is 16.0. The SMILES string of the molecule is Cc1ncc(Cn2c(=O)c3cc(S(=O)(=O)CC4(CF)CC4)ccc3n(C)c2=O)s1. The van der Waals surface area contributed by atoms with Gasteiger partial charge in [-0.25, -0.2) is 18.2 Å². The van der Waals surface area contributed by atoms with Crippen LogP contribution in [0.1, 0.15) is 22.7 Å². The summed E-state index contributed by atoms with van der Waals surface area (Å²) in [5.41, 5.74) is -1.49. The van der Waals surface area contributed by atoms with Gasteiger partial charge >= 0.3 is 5.69 Å². The van der Waals surface area contributed by atoms with E-state index in [-0.39, 0.29) is 22.6 Å². The van der Waals surface area contributed by atoms with E-state index in [1.807, 2.05) is 6.92 Å². The lowest BCUT2D eigenvalue weighted by atomic mass is 10.2. The predicted molar refractivity (Wildman–Crippen MR) is 109 cm³/mol. The standard InChI is InChI=1S/C19H20FN3O4S2/c1-12-21-8-13(28-12)9-23-17(24)15-7-14(3-4-16(15)22(2)18(23)25)29(26,27)11-19(10-20)5-6-19/h3-4,7-8H,5-6,9-11H2,1-2H3. The van der Waals surface area contributed by atoms with Crippen LogP contribution in [0.4, 0.5) is 4.39 Å². The second kappa shape index (κ2) is 6.88. The third-order valence-electron chi connectivity index (χ3n) is 5.40. The molecule has 0 aliphatic heterocycles. The normalized spacial score (nSPS) is 15.7. The second-order valence-electron chi connectivity index (χ2n) is 7.65. The summed E-state index contributed by atoms with van der Waals surface area (Å²) < 4.78 is 41.2. The van der Waals surface area contributed by atoms with Crippen LogP contribution in [0.3, 0.4) is 0 Å². The van der Waals surface area contributed by atoms with Gasteiger partial charge < -0.3 is 0 Å². The summed E-state index contributed by atoms with van der Waals surface area (Å²) in [7, 11) is -2.21. The summed E-state index contributed by atoms with van der Waals surface area (Å²) in [4.78, 5) is 30.6. The highest BCUT2D eigenvalue weighted by Gasteiger charge is 2.46. The van der Waals surface area contributed by atoms with Crippen molar-refractivity contribution in [2.24, 2.45) is 12.5 Å². The van der Waals surface area contributed by atoms with Gasteiger partial charge in [0, 0.05) is 23.5 Å². The summed E-state index contributed by atoms with van der Waals surface area (Å²) in [5, 5.41) is 0.959. The third-order valence-corrected chi connectivity index (χ3v) is 8.26. The van der Waals surface area contributed by atoms with Crippen molar-refractivity contribution in [3.8, 4) is 0 Å². The summed E-state index contributed by atoms with van der Waals surface area (Å²) in [6, 6.07) is 4.14. The van der Waals surface area contributed by atoms with Crippen molar-refractivity contribution in [1.29, 1.82) is 0 Å². The molecule has 0 saturated heterocycles. The molecule has 1 saturated carbocycles. The molecule has 4 rings (SSSR count). The molecule has 2 aromatic heterocycles. The van der Waals surface area contributed by atoms with Crippen molar-refractivity contribution in [1.82, 2.24) is 14.1 Å². The predicted octanol–water partition coefficient (Wildman–Crippen LogP) is 2.04. The molecule has 1 fully saturated rings. The van der Waals surface area contributed by atoms with Crippen LogP contribution >= 0.6 is 11.3 Å². The first-order valence-corrected chi connectivity index (χ1v) is 11.6. The average Bonchev–Trinajstić information content (AvgIpc) is 3.33. The average molecular weight is 438 g/mol. The maximum Gasteiger partial charge on any atom is 0.331 e. The van der Waals surface area contributed by atoms with Crippen LogP contribution in [-0.4, -0.2) is 35.0 Å². The first-order valence-electron chi connectivity index (χ1n) is 9.09. The highest BCUT2D eigenvalue weighted by atomic mass is 32.2. The van der Waals surface area contributed by atoms with Crippen molar-refractivity contribution in [2.75, 3.05) is 12.4 Å². The Hall–Kier alpha value is -2.33. The Balaban J connectivity index is 1.83. The monoisotopic (exact) mass is 437 g/mol. The number of nitrogens with zero attached hydrogens (tertiary/aromatic N) is 3. The van der Waals surface area contributed by atoms with E-state index in [2.05, 4.69) is 4.98 Å². The lowest BCUT2D eigenvalue weighted by Gasteiger charge is -2.13. The quantitative estimate of drug-likeness (QED) is 0.589. The van der Waals surface area contributed by atoms with Gasteiger partial charge in [-0.2, -0.15) is 0 Å². The van der Waals surface area contributed by atoms with Crippen LogP contribution in [0, 0.1) is 12.3 Å². The van der Waals surface area contributed by atoms with Crippen LogP contribution in [-0.2, 0) is 23.4 Å². The molecule has 0 radical (unpaired) electrons. The van der Waals surface area contributed by atoms with Crippen LogP contribution in [0.5, 0.6) is 0 Å². The molecule has 1 aliphatic carbocycles. The number of hydrogen-bond donors (Lipinski definition) is 0. The van der Waals surface area contributed by atoms with E-state index in [1.165, 1.54) is 41.2 Å². The maximum absolute atomic E-state index is 13.2. The number of thiazole rings is 1. The number of hydrogen-bond acceptors (Lipinski definition) is 6. The molecule has 0 N–H and O–H groups in total. The number of aromatic nitrogens is 3.